The number of hydrogen-bond acceptors (Lipinski definition) is 1. The molecule has 0 atom stereocenters. The summed E-state index contributed by atoms with van der Waals surface area (Å²) in [6.07, 6.45) is 0.897. The van der Waals surface area contributed by atoms with Crippen LogP contribution in [0.2, 0.25) is 5.02 Å². The van der Waals surface area contributed by atoms with E-state index in [2.05, 4.69) is 43.2 Å². The molecule has 0 amide bonds. The van der Waals surface area contributed by atoms with Gasteiger partial charge < -0.3 is 0 Å². The highest BCUT2D eigenvalue weighted by atomic mass is 35.5. The summed E-state index contributed by atoms with van der Waals surface area (Å²) in [7, 11) is 1.93. The first-order valence-electron chi connectivity index (χ1n) is 5.42. The van der Waals surface area contributed by atoms with Crippen molar-refractivity contribution < 1.29 is 0 Å². The third kappa shape index (κ3) is 1.85. The van der Waals surface area contributed by atoms with Gasteiger partial charge in [-0.25, -0.2) is 0 Å². The summed E-state index contributed by atoms with van der Waals surface area (Å²) < 4.78 is 1.86. The second-order valence-electron chi connectivity index (χ2n) is 3.95. The molecule has 2 rings (SSSR count). The molecule has 0 unspecified atom stereocenters. The molecule has 0 aliphatic rings. The number of benzene rings is 1. The zero-order valence-corrected chi connectivity index (χ0v) is 10.5. The van der Waals surface area contributed by atoms with Crippen molar-refractivity contribution >= 4 is 11.6 Å². The Morgan fingerprint density at radius 2 is 1.88 bits per heavy atom. The van der Waals surface area contributed by atoms with E-state index in [0.717, 1.165) is 28.4 Å². The zero-order chi connectivity index (χ0) is 11.7. The maximum absolute atomic E-state index is 6.32. The van der Waals surface area contributed by atoms with Crippen LogP contribution in [0.25, 0.3) is 11.3 Å². The maximum atomic E-state index is 6.32. The summed E-state index contributed by atoms with van der Waals surface area (Å²) in [5.74, 6) is 0. The number of rotatable bonds is 2. The second-order valence-corrected chi connectivity index (χ2v) is 4.33. The van der Waals surface area contributed by atoms with E-state index < -0.39 is 0 Å². The number of nitrogens with zero attached hydrogens (tertiary/aromatic N) is 2. The maximum Gasteiger partial charge on any atom is 0.111 e. The molecule has 2 nitrogen and oxygen atoms in total. The van der Waals surface area contributed by atoms with Crippen molar-refractivity contribution in [3.8, 4) is 11.3 Å². The van der Waals surface area contributed by atoms with Gasteiger partial charge in [-0.3, -0.25) is 4.68 Å². The minimum Gasteiger partial charge on any atom is -0.270 e. The molecule has 84 valence electrons. The summed E-state index contributed by atoms with van der Waals surface area (Å²) in [4.78, 5) is 0. The summed E-state index contributed by atoms with van der Waals surface area (Å²) >= 11 is 6.32. The highest BCUT2D eigenvalue weighted by Crippen LogP contribution is 2.29. The van der Waals surface area contributed by atoms with Crippen LogP contribution in [-0.2, 0) is 13.5 Å². The Bertz CT molecular complexity index is 497. The van der Waals surface area contributed by atoms with Crippen molar-refractivity contribution in [3.05, 3.63) is 40.5 Å². The van der Waals surface area contributed by atoms with Gasteiger partial charge in [0.2, 0.25) is 0 Å². The lowest BCUT2D eigenvalue weighted by molar-refractivity contribution is 0.720. The van der Waals surface area contributed by atoms with Gasteiger partial charge in [-0.15, -0.1) is 0 Å². The van der Waals surface area contributed by atoms with E-state index in [1.807, 2.05) is 11.7 Å². The van der Waals surface area contributed by atoms with Crippen LogP contribution < -0.4 is 0 Å². The molecule has 0 aliphatic carbocycles. The lowest BCUT2D eigenvalue weighted by Crippen LogP contribution is -1.96. The summed E-state index contributed by atoms with van der Waals surface area (Å²) in [6, 6.07) is 8.27. The monoisotopic (exact) mass is 234 g/mol. The highest BCUT2D eigenvalue weighted by molar-refractivity contribution is 6.33. The van der Waals surface area contributed by atoms with Crippen molar-refractivity contribution in [2.24, 2.45) is 7.05 Å². The Labute approximate surface area is 101 Å². The summed E-state index contributed by atoms with van der Waals surface area (Å²) in [5, 5.41) is 5.24. The average Bonchev–Trinajstić information content (AvgIpc) is 2.55. The SMILES string of the molecule is CCc1c(Cl)c(-c2ccc(C)cc2)nn1C. The van der Waals surface area contributed by atoms with E-state index in [0.29, 0.717) is 0 Å². The van der Waals surface area contributed by atoms with E-state index >= 15 is 0 Å². The third-order valence-corrected chi connectivity index (χ3v) is 3.16. The molecule has 1 aromatic carbocycles. The number of halogens is 1. The van der Waals surface area contributed by atoms with Crippen molar-refractivity contribution in [1.82, 2.24) is 9.78 Å². The quantitative estimate of drug-likeness (QED) is 0.776. The van der Waals surface area contributed by atoms with Crippen LogP contribution in [0.5, 0.6) is 0 Å². The molecule has 0 spiro atoms. The first-order valence-corrected chi connectivity index (χ1v) is 5.79. The van der Waals surface area contributed by atoms with Gasteiger partial charge >= 0.3 is 0 Å². The van der Waals surface area contributed by atoms with Gasteiger partial charge in [-0.05, 0) is 13.3 Å². The first-order chi connectivity index (χ1) is 7.63. The fourth-order valence-corrected chi connectivity index (χ4v) is 2.22. The standard InChI is InChI=1S/C13H15ClN2/c1-4-11-12(14)13(15-16(11)3)10-7-5-9(2)6-8-10/h5-8H,4H2,1-3H3. The fraction of sp³-hybridized carbons (Fsp3) is 0.308. The lowest BCUT2D eigenvalue weighted by Gasteiger charge is -1.98. The smallest absolute Gasteiger partial charge is 0.111 e. The minimum absolute atomic E-state index is 0.772. The van der Waals surface area contributed by atoms with Gasteiger partial charge in [0.25, 0.3) is 0 Å². The predicted molar refractivity (Wildman–Crippen MR) is 67.8 cm³/mol. The van der Waals surface area contributed by atoms with E-state index in [1.165, 1.54) is 5.56 Å². The minimum atomic E-state index is 0.772. The van der Waals surface area contributed by atoms with Crippen molar-refractivity contribution in [1.29, 1.82) is 0 Å². The molecule has 2 aromatic rings. The van der Waals surface area contributed by atoms with Crippen molar-refractivity contribution in [2.75, 3.05) is 0 Å². The normalized spacial score (nSPS) is 10.8. The fourth-order valence-electron chi connectivity index (χ4n) is 1.81. The lowest BCUT2D eigenvalue weighted by atomic mass is 10.1. The van der Waals surface area contributed by atoms with Crippen LogP contribution in [0.1, 0.15) is 18.2 Å². The molecular weight excluding hydrogens is 220 g/mol. The van der Waals surface area contributed by atoms with Gasteiger partial charge in [-0.1, -0.05) is 48.4 Å². The van der Waals surface area contributed by atoms with E-state index in [1.54, 1.807) is 0 Å². The molecule has 0 radical (unpaired) electrons. The van der Waals surface area contributed by atoms with Gasteiger partial charge in [0.05, 0.1) is 10.7 Å². The van der Waals surface area contributed by atoms with Gasteiger partial charge in [0, 0.05) is 12.6 Å². The Hall–Kier alpha value is -1.28. The van der Waals surface area contributed by atoms with E-state index in [-0.39, 0.29) is 0 Å². The molecule has 0 N–H and O–H groups in total. The van der Waals surface area contributed by atoms with Gasteiger partial charge in [0.1, 0.15) is 5.69 Å². The largest absolute Gasteiger partial charge is 0.270 e. The Balaban J connectivity index is 2.52. The highest BCUT2D eigenvalue weighted by Gasteiger charge is 2.13. The van der Waals surface area contributed by atoms with E-state index in [9.17, 15) is 0 Å². The zero-order valence-electron chi connectivity index (χ0n) is 9.79. The summed E-state index contributed by atoms with van der Waals surface area (Å²) in [6.45, 7) is 4.16. The van der Waals surface area contributed by atoms with Crippen LogP contribution in [0, 0.1) is 6.92 Å². The Morgan fingerprint density at radius 1 is 1.25 bits per heavy atom. The van der Waals surface area contributed by atoms with Crippen LogP contribution in [0.3, 0.4) is 0 Å². The van der Waals surface area contributed by atoms with Crippen LogP contribution in [0.4, 0.5) is 0 Å². The molecule has 3 heteroatoms. The van der Waals surface area contributed by atoms with Gasteiger partial charge in [0.15, 0.2) is 0 Å². The number of aryl methyl sites for hydroxylation is 2. The molecule has 0 bridgehead atoms. The molecular formula is C13H15ClN2. The molecule has 0 aliphatic heterocycles. The molecule has 16 heavy (non-hydrogen) atoms. The molecule has 1 aromatic heterocycles. The summed E-state index contributed by atoms with van der Waals surface area (Å²) in [5.41, 5.74) is 4.27. The third-order valence-electron chi connectivity index (χ3n) is 2.76. The molecule has 0 saturated carbocycles. The molecule has 0 saturated heterocycles. The van der Waals surface area contributed by atoms with Crippen LogP contribution >= 0.6 is 11.6 Å². The van der Waals surface area contributed by atoms with Crippen molar-refractivity contribution in [3.63, 3.8) is 0 Å². The number of hydrogen-bond donors (Lipinski definition) is 0. The van der Waals surface area contributed by atoms with E-state index in [4.69, 9.17) is 11.6 Å². The number of aromatic nitrogens is 2. The molecule has 0 fully saturated rings. The Morgan fingerprint density at radius 3 is 2.38 bits per heavy atom. The van der Waals surface area contributed by atoms with Gasteiger partial charge in [-0.2, -0.15) is 5.10 Å². The van der Waals surface area contributed by atoms with Crippen molar-refractivity contribution in [2.45, 2.75) is 20.3 Å². The molecule has 1 heterocycles. The predicted octanol–water partition coefficient (Wildman–Crippen LogP) is 3.61. The first kappa shape index (κ1) is 11.2. The van der Waals surface area contributed by atoms with Crippen LogP contribution in [0.15, 0.2) is 24.3 Å². The second kappa shape index (κ2) is 4.30. The topological polar surface area (TPSA) is 17.8 Å². The average molecular weight is 235 g/mol. The van der Waals surface area contributed by atoms with Crippen LogP contribution in [-0.4, -0.2) is 9.78 Å². The Kier molecular flexibility index (Phi) is 3.01.